The number of hydrogen-bond acceptors (Lipinski definition) is 7. The van der Waals surface area contributed by atoms with Crippen molar-refractivity contribution in [3.05, 3.63) is 48.0 Å². The molecule has 1 N–H and O–H groups in total. The summed E-state index contributed by atoms with van der Waals surface area (Å²) in [6.07, 6.45) is 0. The third kappa shape index (κ3) is 4.78. The van der Waals surface area contributed by atoms with Gasteiger partial charge in [-0.05, 0) is 31.2 Å². The summed E-state index contributed by atoms with van der Waals surface area (Å²) in [5, 5.41) is 4.18. The number of fused-ring (bicyclic) bond motifs is 1. The van der Waals surface area contributed by atoms with Gasteiger partial charge in [-0.15, -0.1) is 11.3 Å². The van der Waals surface area contributed by atoms with Crippen LogP contribution in [-0.2, 0) is 4.79 Å². The Balaban J connectivity index is 1.60. The van der Waals surface area contributed by atoms with Gasteiger partial charge in [-0.25, -0.2) is 10.4 Å². The molecular formula is C19H19N3O3S2. The number of thioether (sulfide) groups is 1. The first-order valence-corrected chi connectivity index (χ1v) is 9.95. The molecular weight excluding hydrogens is 382 g/mol. The summed E-state index contributed by atoms with van der Waals surface area (Å²) < 4.78 is 12.5. The normalized spacial score (nSPS) is 11.4. The van der Waals surface area contributed by atoms with Crippen LogP contribution in [0.2, 0.25) is 0 Å². The Labute approximate surface area is 165 Å². The predicted octanol–water partition coefficient (Wildman–Crippen LogP) is 3.95. The number of rotatable bonds is 7. The lowest BCUT2D eigenvalue weighted by atomic mass is 10.1. The molecule has 0 saturated carbocycles. The summed E-state index contributed by atoms with van der Waals surface area (Å²) in [5.74, 6) is 1.38. The molecule has 0 aliphatic carbocycles. The van der Waals surface area contributed by atoms with Gasteiger partial charge in [0, 0.05) is 11.6 Å². The Kier molecular flexibility index (Phi) is 6.31. The van der Waals surface area contributed by atoms with E-state index < -0.39 is 0 Å². The SMILES string of the molecule is COc1ccc(/C(C)=N/NC(=O)CSc2nc3ccccc3s2)c(OC)c1. The number of thiazole rings is 1. The number of methoxy groups -OCH3 is 2. The van der Waals surface area contributed by atoms with Crippen molar-refractivity contribution < 1.29 is 14.3 Å². The molecule has 0 fully saturated rings. The number of carbonyl (C=O) groups is 1. The number of para-hydroxylation sites is 1. The summed E-state index contributed by atoms with van der Waals surface area (Å²) in [6.45, 7) is 1.81. The Morgan fingerprint density at radius 1 is 1.22 bits per heavy atom. The Bertz CT molecular complexity index is 952. The van der Waals surface area contributed by atoms with Crippen LogP contribution < -0.4 is 14.9 Å². The van der Waals surface area contributed by atoms with Gasteiger partial charge in [-0.1, -0.05) is 23.9 Å². The number of carbonyl (C=O) groups excluding carboxylic acids is 1. The highest BCUT2D eigenvalue weighted by Crippen LogP contribution is 2.29. The molecule has 0 unspecified atom stereocenters. The third-order valence-corrected chi connectivity index (χ3v) is 5.93. The van der Waals surface area contributed by atoms with Crippen molar-refractivity contribution >= 4 is 44.9 Å². The number of nitrogens with one attached hydrogen (secondary N) is 1. The average Bonchev–Trinajstić information content (AvgIpc) is 3.12. The first kappa shape index (κ1) is 19.2. The van der Waals surface area contributed by atoms with E-state index in [1.54, 1.807) is 31.6 Å². The molecule has 3 aromatic rings. The molecule has 2 aromatic carbocycles. The number of nitrogens with zero attached hydrogens (tertiary/aromatic N) is 2. The molecule has 0 bridgehead atoms. The van der Waals surface area contributed by atoms with Crippen molar-refractivity contribution in [1.29, 1.82) is 0 Å². The quantitative estimate of drug-likeness (QED) is 0.369. The molecule has 3 rings (SSSR count). The number of amides is 1. The van der Waals surface area contributed by atoms with Crippen molar-refractivity contribution in [1.82, 2.24) is 10.4 Å². The van der Waals surface area contributed by atoms with E-state index in [1.807, 2.05) is 43.3 Å². The molecule has 0 atom stereocenters. The van der Waals surface area contributed by atoms with Crippen LogP contribution >= 0.6 is 23.1 Å². The fraction of sp³-hybridized carbons (Fsp3) is 0.211. The molecule has 0 aliphatic heterocycles. The van der Waals surface area contributed by atoms with E-state index in [-0.39, 0.29) is 11.7 Å². The van der Waals surface area contributed by atoms with E-state index in [0.29, 0.717) is 17.2 Å². The minimum atomic E-state index is -0.189. The zero-order chi connectivity index (χ0) is 19.2. The lowest BCUT2D eigenvalue weighted by Crippen LogP contribution is -2.21. The minimum Gasteiger partial charge on any atom is -0.497 e. The van der Waals surface area contributed by atoms with Gasteiger partial charge in [0.25, 0.3) is 5.91 Å². The van der Waals surface area contributed by atoms with Gasteiger partial charge in [0.2, 0.25) is 0 Å². The van der Waals surface area contributed by atoms with E-state index >= 15 is 0 Å². The topological polar surface area (TPSA) is 72.8 Å². The van der Waals surface area contributed by atoms with Gasteiger partial charge in [0.15, 0.2) is 4.34 Å². The predicted molar refractivity (Wildman–Crippen MR) is 110 cm³/mol. The van der Waals surface area contributed by atoms with Crippen LogP contribution in [0, 0.1) is 0 Å². The molecule has 1 aromatic heterocycles. The van der Waals surface area contributed by atoms with E-state index in [0.717, 1.165) is 20.1 Å². The number of benzene rings is 2. The molecule has 0 aliphatic rings. The van der Waals surface area contributed by atoms with Gasteiger partial charge in [0.05, 0.1) is 35.9 Å². The maximum atomic E-state index is 12.1. The van der Waals surface area contributed by atoms with Gasteiger partial charge in [-0.3, -0.25) is 4.79 Å². The van der Waals surface area contributed by atoms with Crippen LogP contribution in [-0.4, -0.2) is 36.6 Å². The van der Waals surface area contributed by atoms with Gasteiger partial charge in [-0.2, -0.15) is 5.10 Å². The van der Waals surface area contributed by atoms with Crippen LogP contribution in [0.5, 0.6) is 11.5 Å². The van der Waals surface area contributed by atoms with Crippen molar-refractivity contribution in [2.24, 2.45) is 5.10 Å². The first-order valence-electron chi connectivity index (χ1n) is 8.14. The lowest BCUT2D eigenvalue weighted by molar-refractivity contribution is -0.118. The zero-order valence-corrected chi connectivity index (χ0v) is 16.8. The fourth-order valence-electron chi connectivity index (χ4n) is 2.38. The van der Waals surface area contributed by atoms with Crippen molar-refractivity contribution in [2.45, 2.75) is 11.3 Å². The van der Waals surface area contributed by atoms with Crippen LogP contribution in [0.15, 0.2) is 51.9 Å². The Hall–Kier alpha value is -2.58. The summed E-state index contributed by atoms with van der Waals surface area (Å²) >= 11 is 2.98. The molecule has 1 amide bonds. The van der Waals surface area contributed by atoms with Gasteiger partial charge in [0.1, 0.15) is 11.5 Å². The van der Waals surface area contributed by atoms with Crippen LogP contribution in [0.3, 0.4) is 0 Å². The van der Waals surface area contributed by atoms with Crippen molar-refractivity contribution in [2.75, 3.05) is 20.0 Å². The van der Waals surface area contributed by atoms with E-state index in [2.05, 4.69) is 15.5 Å². The van der Waals surface area contributed by atoms with Crippen LogP contribution in [0.1, 0.15) is 12.5 Å². The molecule has 0 saturated heterocycles. The maximum Gasteiger partial charge on any atom is 0.250 e. The maximum absolute atomic E-state index is 12.1. The largest absolute Gasteiger partial charge is 0.497 e. The second kappa shape index (κ2) is 8.88. The highest BCUT2D eigenvalue weighted by atomic mass is 32.2. The van der Waals surface area contributed by atoms with Crippen molar-refractivity contribution in [3.8, 4) is 11.5 Å². The van der Waals surface area contributed by atoms with Crippen LogP contribution in [0.4, 0.5) is 0 Å². The highest BCUT2D eigenvalue weighted by molar-refractivity contribution is 8.01. The monoisotopic (exact) mass is 401 g/mol. The summed E-state index contributed by atoms with van der Waals surface area (Å²) in [6, 6.07) is 13.4. The first-order chi connectivity index (χ1) is 13.1. The smallest absolute Gasteiger partial charge is 0.250 e. The van der Waals surface area contributed by atoms with E-state index in [1.165, 1.54) is 11.8 Å². The molecule has 0 radical (unpaired) electrons. The number of ether oxygens (including phenoxy) is 2. The average molecular weight is 402 g/mol. The van der Waals surface area contributed by atoms with Crippen LogP contribution in [0.25, 0.3) is 10.2 Å². The minimum absolute atomic E-state index is 0.189. The van der Waals surface area contributed by atoms with Crippen molar-refractivity contribution in [3.63, 3.8) is 0 Å². The Morgan fingerprint density at radius 2 is 2.04 bits per heavy atom. The molecule has 0 spiro atoms. The molecule has 6 nitrogen and oxygen atoms in total. The van der Waals surface area contributed by atoms with E-state index in [4.69, 9.17) is 9.47 Å². The zero-order valence-electron chi connectivity index (χ0n) is 15.2. The summed E-state index contributed by atoms with van der Waals surface area (Å²) in [5.41, 5.74) is 4.97. The summed E-state index contributed by atoms with van der Waals surface area (Å²) in [7, 11) is 3.18. The second-order valence-electron chi connectivity index (χ2n) is 5.53. The molecule has 1 heterocycles. The fourth-order valence-corrected chi connectivity index (χ4v) is 4.24. The molecule has 27 heavy (non-hydrogen) atoms. The number of hydrogen-bond donors (Lipinski definition) is 1. The standard InChI is InChI=1S/C19H19N3O3S2/c1-12(14-9-8-13(24-2)10-16(14)25-3)21-22-18(23)11-26-19-20-15-6-4-5-7-17(15)27-19/h4-10H,11H2,1-3H3,(H,22,23)/b21-12+. The third-order valence-electron chi connectivity index (χ3n) is 3.75. The molecule has 140 valence electrons. The number of aromatic nitrogens is 1. The number of hydrazone groups is 1. The Morgan fingerprint density at radius 3 is 2.78 bits per heavy atom. The van der Waals surface area contributed by atoms with E-state index in [9.17, 15) is 4.79 Å². The lowest BCUT2D eigenvalue weighted by Gasteiger charge is -2.10. The highest BCUT2D eigenvalue weighted by Gasteiger charge is 2.10. The van der Waals surface area contributed by atoms with Gasteiger partial charge >= 0.3 is 0 Å². The summed E-state index contributed by atoms with van der Waals surface area (Å²) in [4.78, 5) is 16.6. The molecule has 8 heteroatoms. The second-order valence-corrected chi connectivity index (χ2v) is 7.79. The van der Waals surface area contributed by atoms with Gasteiger partial charge < -0.3 is 9.47 Å².